The number of nitrogens with zero attached hydrogens (tertiary/aromatic N) is 3. The van der Waals surface area contributed by atoms with Gasteiger partial charge in [0, 0.05) is 28.9 Å². The molecule has 84 valence electrons. The van der Waals surface area contributed by atoms with Gasteiger partial charge in [-0.1, -0.05) is 0 Å². The van der Waals surface area contributed by atoms with E-state index in [1.807, 2.05) is 6.92 Å². The minimum atomic E-state index is -0.880. The molecule has 8 heteroatoms. The number of rotatable bonds is 4. The van der Waals surface area contributed by atoms with Crippen molar-refractivity contribution in [2.75, 3.05) is 17.3 Å². The zero-order chi connectivity index (χ0) is 11.4. The number of aromatic nitrogens is 3. The number of anilines is 1. The van der Waals surface area contributed by atoms with Gasteiger partial charge < -0.3 is 5.32 Å². The summed E-state index contributed by atoms with van der Waals surface area (Å²) in [7, 11) is -0.880. The first-order valence-electron chi connectivity index (χ1n) is 4.11. The van der Waals surface area contributed by atoms with Gasteiger partial charge in [-0.25, -0.2) is 0 Å². The van der Waals surface area contributed by atoms with Crippen molar-refractivity contribution >= 4 is 39.9 Å². The highest BCUT2D eigenvalue weighted by Gasteiger charge is 2.08. The van der Waals surface area contributed by atoms with Crippen LogP contribution in [0.15, 0.2) is 0 Å². The Bertz CT molecular complexity index is 356. The van der Waals surface area contributed by atoms with E-state index in [-0.39, 0.29) is 22.6 Å². The van der Waals surface area contributed by atoms with Gasteiger partial charge in [-0.3, -0.25) is 4.21 Å². The molecule has 2 unspecified atom stereocenters. The summed E-state index contributed by atoms with van der Waals surface area (Å²) in [5, 5.41) is 2.99. The van der Waals surface area contributed by atoms with Gasteiger partial charge in [0.25, 0.3) is 0 Å². The number of nitrogens with one attached hydrogen (secondary N) is 1. The van der Waals surface area contributed by atoms with E-state index < -0.39 is 10.8 Å². The van der Waals surface area contributed by atoms with Crippen LogP contribution in [0.5, 0.6) is 0 Å². The first-order valence-corrected chi connectivity index (χ1v) is 6.59. The van der Waals surface area contributed by atoms with Crippen LogP contribution in [0.3, 0.4) is 0 Å². The van der Waals surface area contributed by atoms with E-state index in [4.69, 9.17) is 23.2 Å². The molecular weight excluding hydrogens is 259 g/mol. The van der Waals surface area contributed by atoms with Gasteiger partial charge in [0.2, 0.25) is 16.5 Å². The minimum Gasteiger partial charge on any atom is -0.351 e. The molecule has 5 nitrogen and oxygen atoms in total. The van der Waals surface area contributed by atoms with Gasteiger partial charge in [-0.15, -0.1) is 0 Å². The Morgan fingerprint density at radius 1 is 1.33 bits per heavy atom. The summed E-state index contributed by atoms with van der Waals surface area (Å²) in [5.74, 6) is 0.791. The molecule has 0 aliphatic carbocycles. The highest BCUT2D eigenvalue weighted by Crippen LogP contribution is 2.10. The molecular formula is C7H10Cl2N4OS. The van der Waals surface area contributed by atoms with E-state index in [2.05, 4.69) is 20.3 Å². The molecule has 1 N–H and O–H groups in total. The second-order valence-electron chi connectivity index (χ2n) is 2.98. The van der Waals surface area contributed by atoms with Crippen molar-refractivity contribution < 1.29 is 4.21 Å². The Morgan fingerprint density at radius 3 is 2.33 bits per heavy atom. The molecule has 1 aromatic heterocycles. The largest absolute Gasteiger partial charge is 0.351 e. The van der Waals surface area contributed by atoms with Gasteiger partial charge in [0.15, 0.2) is 0 Å². The van der Waals surface area contributed by atoms with E-state index >= 15 is 0 Å². The summed E-state index contributed by atoms with van der Waals surface area (Å²) in [6, 6.07) is -0.0228. The van der Waals surface area contributed by atoms with E-state index in [0.29, 0.717) is 5.75 Å². The molecule has 15 heavy (non-hydrogen) atoms. The monoisotopic (exact) mass is 268 g/mol. The van der Waals surface area contributed by atoms with Crippen LogP contribution in [-0.4, -0.2) is 37.2 Å². The highest BCUT2D eigenvalue weighted by molar-refractivity contribution is 7.84. The van der Waals surface area contributed by atoms with Gasteiger partial charge in [-0.2, -0.15) is 15.0 Å². The highest BCUT2D eigenvalue weighted by atomic mass is 35.5. The standard InChI is InChI=1S/C7H10Cl2N4OS/c1-4(3-15(2)14)10-7-12-5(8)11-6(9)13-7/h4H,3H2,1-2H3,(H,10,11,12,13). The maximum atomic E-state index is 10.9. The molecule has 1 heterocycles. The van der Waals surface area contributed by atoms with Crippen LogP contribution >= 0.6 is 23.2 Å². The summed E-state index contributed by atoms with van der Waals surface area (Å²) in [6.07, 6.45) is 1.63. The van der Waals surface area contributed by atoms with Crippen LogP contribution in [0.4, 0.5) is 5.95 Å². The third-order valence-electron chi connectivity index (χ3n) is 1.44. The smallest absolute Gasteiger partial charge is 0.228 e. The Balaban J connectivity index is 2.67. The van der Waals surface area contributed by atoms with Crippen LogP contribution in [0.1, 0.15) is 6.92 Å². The topological polar surface area (TPSA) is 67.8 Å². The van der Waals surface area contributed by atoms with Gasteiger partial charge in [0.1, 0.15) is 0 Å². The number of hydrogen-bond acceptors (Lipinski definition) is 5. The zero-order valence-corrected chi connectivity index (χ0v) is 10.5. The predicted octanol–water partition coefficient (Wildman–Crippen LogP) is 1.36. The van der Waals surface area contributed by atoms with E-state index in [1.165, 1.54) is 0 Å². The first-order chi connectivity index (χ1) is 6.97. The van der Waals surface area contributed by atoms with Crippen molar-refractivity contribution in [2.45, 2.75) is 13.0 Å². The molecule has 0 amide bonds. The average molecular weight is 269 g/mol. The lowest BCUT2D eigenvalue weighted by Crippen LogP contribution is -2.23. The Kier molecular flexibility index (Phi) is 4.69. The fourth-order valence-corrected chi connectivity index (χ4v) is 2.16. The van der Waals surface area contributed by atoms with Gasteiger partial charge in [-0.05, 0) is 30.1 Å². The van der Waals surface area contributed by atoms with Crippen LogP contribution in [0.2, 0.25) is 10.6 Å². The SMILES string of the molecule is CC(CS(C)=O)Nc1nc(Cl)nc(Cl)n1. The first kappa shape index (κ1) is 12.6. The van der Waals surface area contributed by atoms with Crippen molar-refractivity contribution in [2.24, 2.45) is 0 Å². The fourth-order valence-electron chi connectivity index (χ4n) is 1.00. The Morgan fingerprint density at radius 2 is 1.87 bits per heavy atom. The summed E-state index contributed by atoms with van der Waals surface area (Å²) in [5.41, 5.74) is 0. The van der Waals surface area contributed by atoms with Crippen molar-refractivity contribution in [3.05, 3.63) is 10.6 Å². The maximum absolute atomic E-state index is 10.9. The Labute approximate surface area is 100 Å². The third kappa shape index (κ3) is 4.72. The van der Waals surface area contributed by atoms with Crippen molar-refractivity contribution in [3.63, 3.8) is 0 Å². The second-order valence-corrected chi connectivity index (χ2v) is 5.14. The molecule has 1 rings (SSSR count). The normalized spacial score (nSPS) is 14.7. The van der Waals surface area contributed by atoms with Crippen molar-refractivity contribution in [3.8, 4) is 0 Å². The van der Waals surface area contributed by atoms with Crippen LogP contribution in [-0.2, 0) is 10.8 Å². The molecule has 0 spiro atoms. The van der Waals surface area contributed by atoms with Crippen LogP contribution in [0.25, 0.3) is 0 Å². The van der Waals surface area contributed by atoms with E-state index in [9.17, 15) is 4.21 Å². The molecule has 0 radical (unpaired) electrons. The lowest BCUT2D eigenvalue weighted by atomic mass is 10.4. The molecule has 0 fully saturated rings. The second kappa shape index (κ2) is 5.58. The lowest BCUT2D eigenvalue weighted by molar-refractivity contribution is 0.682. The van der Waals surface area contributed by atoms with Crippen molar-refractivity contribution in [1.29, 1.82) is 0 Å². The Hall–Kier alpha value is -0.460. The summed E-state index contributed by atoms with van der Waals surface area (Å²) in [6.45, 7) is 1.87. The van der Waals surface area contributed by atoms with Gasteiger partial charge in [0.05, 0.1) is 0 Å². The number of halogens is 2. The molecule has 0 saturated heterocycles. The fraction of sp³-hybridized carbons (Fsp3) is 0.571. The van der Waals surface area contributed by atoms with Crippen LogP contribution in [0, 0.1) is 0 Å². The van der Waals surface area contributed by atoms with Crippen LogP contribution < -0.4 is 5.32 Å². The predicted molar refractivity (Wildman–Crippen MR) is 61.9 cm³/mol. The quantitative estimate of drug-likeness (QED) is 0.893. The van der Waals surface area contributed by atoms with Crippen molar-refractivity contribution in [1.82, 2.24) is 15.0 Å². The molecule has 2 atom stereocenters. The molecule has 0 bridgehead atoms. The van der Waals surface area contributed by atoms with Gasteiger partial charge >= 0.3 is 0 Å². The molecule has 1 aromatic rings. The maximum Gasteiger partial charge on any atom is 0.228 e. The lowest BCUT2D eigenvalue weighted by Gasteiger charge is -2.11. The molecule has 0 saturated carbocycles. The average Bonchev–Trinajstić information content (AvgIpc) is 1.98. The molecule has 0 aliphatic rings. The van der Waals surface area contributed by atoms with E-state index in [1.54, 1.807) is 6.26 Å². The summed E-state index contributed by atoms with van der Waals surface area (Å²) < 4.78 is 10.9. The minimum absolute atomic E-state index is 0.0228. The van der Waals surface area contributed by atoms with E-state index in [0.717, 1.165) is 0 Å². The number of hydrogen-bond donors (Lipinski definition) is 1. The summed E-state index contributed by atoms with van der Waals surface area (Å²) >= 11 is 11.2. The third-order valence-corrected chi connectivity index (χ3v) is 2.75. The summed E-state index contributed by atoms with van der Waals surface area (Å²) in [4.78, 5) is 11.3. The molecule has 0 aromatic carbocycles. The zero-order valence-electron chi connectivity index (χ0n) is 8.20. The molecule has 0 aliphatic heterocycles.